The number of fused-ring (bicyclic) bond motifs is 1. The number of halogens is 1. The molecule has 1 aromatic carbocycles. The molecule has 182 valence electrons. The third-order valence-electron chi connectivity index (χ3n) is 6.51. The van der Waals surface area contributed by atoms with Gasteiger partial charge in [0.15, 0.2) is 11.3 Å². The number of hydrogen-bond acceptors (Lipinski definition) is 6. The summed E-state index contributed by atoms with van der Waals surface area (Å²) in [5, 5.41) is 16.3. The molecule has 5 rings (SSSR count). The Morgan fingerprint density at radius 3 is 2.74 bits per heavy atom. The number of ether oxygens (including phenoxy) is 1. The van der Waals surface area contributed by atoms with Gasteiger partial charge < -0.3 is 15.0 Å². The predicted molar refractivity (Wildman–Crippen MR) is 129 cm³/mol. The topological polar surface area (TPSA) is 89.6 Å². The monoisotopic (exact) mass is 477 g/mol. The van der Waals surface area contributed by atoms with Gasteiger partial charge in [-0.25, -0.2) is 4.39 Å². The van der Waals surface area contributed by atoms with E-state index in [9.17, 15) is 9.18 Å². The van der Waals surface area contributed by atoms with Crippen molar-refractivity contribution in [2.75, 3.05) is 33.8 Å². The molecule has 0 spiro atoms. The molecule has 1 amide bonds. The zero-order chi connectivity index (χ0) is 24.7. The van der Waals surface area contributed by atoms with E-state index in [1.54, 1.807) is 24.8 Å². The number of rotatable bonds is 7. The van der Waals surface area contributed by atoms with Crippen LogP contribution in [-0.4, -0.2) is 69.0 Å². The Kier molecular flexibility index (Phi) is 5.98. The van der Waals surface area contributed by atoms with Gasteiger partial charge in [-0.2, -0.15) is 5.10 Å². The maximum atomic E-state index is 14.2. The summed E-state index contributed by atoms with van der Waals surface area (Å²) < 4.78 is 24.0. The van der Waals surface area contributed by atoms with E-state index in [1.807, 2.05) is 36.7 Å². The van der Waals surface area contributed by atoms with E-state index >= 15 is 0 Å². The second kappa shape index (κ2) is 9.10. The molecule has 1 N–H and O–H groups in total. The van der Waals surface area contributed by atoms with Crippen LogP contribution in [-0.2, 0) is 13.5 Å². The van der Waals surface area contributed by atoms with E-state index < -0.39 is 0 Å². The molecule has 9 nitrogen and oxygen atoms in total. The van der Waals surface area contributed by atoms with E-state index in [1.165, 1.54) is 17.0 Å². The van der Waals surface area contributed by atoms with Crippen LogP contribution < -0.4 is 10.1 Å². The molecule has 1 aliphatic rings. The van der Waals surface area contributed by atoms with E-state index in [-0.39, 0.29) is 18.3 Å². The minimum atomic E-state index is -0.378. The minimum absolute atomic E-state index is 0.158. The maximum absolute atomic E-state index is 14.2. The fourth-order valence-electron chi connectivity index (χ4n) is 4.27. The minimum Gasteiger partial charge on any atom is -0.492 e. The van der Waals surface area contributed by atoms with Crippen molar-refractivity contribution in [2.45, 2.75) is 19.3 Å². The number of carbonyl (C=O) groups excluding carboxylic acids is 1. The Bertz CT molecular complexity index is 1400. The van der Waals surface area contributed by atoms with Crippen molar-refractivity contribution in [3.63, 3.8) is 0 Å². The number of aryl methyl sites for hydroxylation is 1. The lowest BCUT2D eigenvalue weighted by Crippen LogP contribution is -2.40. The molecule has 0 bridgehead atoms. The first-order valence-electron chi connectivity index (χ1n) is 11.6. The Balaban J connectivity index is 1.41. The molecule has 0 saturated carbocycles. The van der Waals surface area contributed by atoms with Crippen LogP contribution in [0.3, 0.4) is 0 Å². The number of nitrogens with one attached hydrogen (secondary N) is 1. The molecule has 1 saturated heterocycles. The first kappa shape index (κ1) is 23.0. The van der Waals surface area contributed by atoms with Crippen molar-refractivity contribution in [3.8, 4) is 16.9 Å². The van der Waals surface area contributed by atoms with Crippen LogP contribution in [0, 0.1) is 12.7 Å². The summed E-state index contributed by atoms with van der Waals surface area (Å²) in [6.07, 6.45) is 2.44. The van der Waals surface area contributed by atoms with Crippen molar-refractivity contribution in [2.24, 2.45) is 7.05 Å². The molecule has 1 fully saturated rings. The Hall–Kier alpha value is -3.79. The first-order chi connectivity index (χ1) is 16.8. The van der Waals surface area contributed by atoms with Crippen LogP contribution in [0.25, 0.3) is 16.8 Å². The van der Waals surface area contributed by atoms with E-state index in [4.69, 9.17) is 4.74 Å². The van der Waals surface area contributed by atoms with Gasteiger partial charge in [0.1, 0.15) is 17.4 Å². The number of hydrogen-bond donors (Lipinski definition) is 1. The SMILES string of the molecule is Cc1c(CCOc2cc(F)ccc2-c2ccc3nnc(C4CNC4)n3c2)c(C(=O)N(C)C)nn1C. The molecule has 0 atom stereocenters. The highest BCUT2D eigenvalue weighted by Crippen LogP contribution is 2.32. The predicted octanol–water partition coefficient (Wildman–Crippen LogP) is 2.59. The quantitative estimate of drug-likeness (QED) is 0.440. The van der Waals surface area contributed by atoms with E-state index in [2.05, 4.69) is 20.6 Å². The Labute approximate surface area is 202 Å². The maximum Gasteiger partial charge on any atom is 0.274 e. The fraction of sp³-hybridized carbons (Fsp3) is 0.360. The summed E-state index contributed by atoms with van der Waals surface area (Å²) in [5.41, 5.74) is 4.55. The summed E-state index contributed by atoms with van der Waals surface area (Å²) >= 11 is 0. The molecule has 10 heteroatoms. The van der Waals surface area contributed by atoms with Gasteiger partial charge in [-0.15, -0.1) is 10.2 Å². The molecule has 4 heterocycles. The molecular weight excluding hydrogens is 449 g/mol. The molecule has 1 aliphatic heterocycles. The highest BCUT2D eigenvalue weighted by Gasteiger charge is 2.25. The van der Waals surface area contributed by atoms with Crippen molar-refractivity contribution in [1.82, 2.24) is 34.6 Å². The van der Waals surface area contributed by atoms with Crippen molar-refractivity contribution in [1.29, 1.82) is 0 Å². The molecular formula is C25H28FN7O2. The lowest BCUT2D eigenvalue weighted by Gasteiger charge is -2.25. The smallest absolute Gasteiger partial charge is 0.274 e. The highest BCUT2D eigenvalue weighted by atomic mass is 19.1. The molecule has 3 aromatic heterocycles. The first-order valence-corrected chi connectivity index (χ1v) is 11.6. The zero-order valence-corrected chi connectivity index (χ0v) is 20.2. The lowest BCUT2D eigenvalue weighted by molar-refractivity contribution is 0.0820. The van der Waals surface area contributed by atoms with Gasteiger partial charge in [-0.05, 0) is 31.2 Å². The Morgan fingerprint density at radius 2 is 2.03 bits per heavy atom. The van der Waals surface area contributed by atoms with Crippen LogP contribution in [0.15, 0.2) is 36.5 Å². The zero-order valence-electron chi connectivity index (χ0n) is 20.2. The second-order valence-electron chi connectivity index (χ2n) is 9.03. The standard InChI is InChI=1S/C25H28FN7O2/c1-15-19(23(30-32(15)4)25(34)31(2)3)9-10-35-21-11-18(26)6-7-20(21)16-5-8-22-28-29-24(33(22)14-16)17-12-27-13-17/h5-8,11,14,17,27H,9-10,12-13H2,1-4H3. The largest absolute Gasteiger partial charge is 0.492 e. The summed E-state index contributed by atoms with van der Waals surface area (Å²) in [7, 11) is 5.21. The molecule has 0 aliphatic carbocycles. The van der Waals surface area contributed by atoms with Gasteiger partial charge in [-0.1, -0.05) is 0 Å². The molecule has 35 heavy (non-hydrogen) atoms. The molecule has 0 unspecified atom stereocenters. The third-order valence-corrected chi connectivity index (χ3v) is 6.51. The van der Waals surface area contributed by atoms with E-state index in [0.717, 1.165) is 46.9 Å². The summed E-state index contributed by atoms with van der Waals surface area (Å²) in [6, 6.07) is 8.38. The van der Waals surface area contributed by atoms with Crippen molar-refractivity contribution in [3.05, 3.63) is 65.1 Å². The van der Waals surface area contributed by atoms with Crippen molar-refractivity contribution < 1.29 is 13.9 Å². The van der Waals surface area contributed by atoms with Crippen LogP contribution in [0.1, 0.15) is 33.5 Å². The average molecular weight is 478 g/mol. The van der Waals surface area contributed by atoms with Gasteiger partial charge in [0.25, 0.3) is 5.91 Å². The number of carbonyl (C=O) groups is 1. The number of benzene rings is 1. The van der Waals surface area contributed by atoms with Crippen molar-refractivity contribution >= 4 is 11.6 Å². The van der Waals surface area contributed by atoms with E-state index in [0.29, 0.717) is 23.8 Å². The fourth-order valence-corrected chi connectivity index (χ4v) is 4.27. The summed E-state index contributed by atoms with van der Waals surface area (Å²) in [4.78, 5) is 14.1. The molecule has 0 radical (unpaired) electrons. The second-order valence-corrected chi connectivity index (χ2v) is 9.03. The average Bonchev–Trinajstić information content (AvgIpc) is 3.33. The number of amides is 1. The number of pyridine rings is 1. The number of aromatic nitrogens is 5. The highest BCUT2D eigenvalue weighted by molar-refractivity contribution is 5.93. The lowest BCUT2D eigenvalue weighted by atomic mass is 10.0. The van der Waals surface area contributed by atoms with Crippen LogP contribution in [0.5, 0.6) is 5.75 Å². The summed E-state index contributed by atoms with van der Waals surface area (Å²) in [5.74, 6) is 1.14. The Morgan fingerprint density at radius 1 is 1.23 bits per heavy atom. The van der Waals surface area contributed by atoms with Gasteiger partial charge in [-0.3, -0.25) is 13.9 Å². The van der Waals surface area contributed by atoms with Crippen LogP contribution in [0.4, 0.5) is 4.39 Å². The third kappa shape index (κ3) is 4.25. The molecule has 4 aromatic rings. The van der Waals surface area contributed by atoms with Gasteiger partial charge >= 0.3 is 0 Å². The van der Waals surface area contributed by atoms with Crippen LogP contribution >= 0.6 is 0 Å². The normalized spacial score (nSPS) is 13.7. The van der Waals surface area contributed by atoms with Crippen LogP contribution in [0.2, 0.25) is 0 Å². The number of nitrogens with zero attached hydrogens (tertiary/aromatic N) is 6. The van der Waals surface area contributed by atoms with Gasteiger partial charge in [0, 0.05) is 81.2 Å². The van der Waals surface area contributed by atoms with Gasteiger partial charge in [0.05, 0.1) is 6.61 Å². The van der Waals surface area contributed by atoms with Gasteiger partial charge in [0.2, 0.25) is 0 Å². The summed E-state index contributed by atoms with van der Waals surface area (Å²) in [6.45, 7) is 3.94.